The number of rotatable bonds is 15. The SMILES string of the molecule is CC(NC(=O)C(N)CC(=O)O)C(=O)NC(CCC(N)=O)C(=O)NC(CCC(=O)O)C(=O)O. The Balaban J connectivity index is 5.21. The molecule has 0 saturated carbocycles. The van der Waals surface area contributed by atoms with Crippen molar-refractivity contribution in [1.82, 2.24) is 16.0 Å². The number of aliphatic carboxylic acids is 3. The second-order valence-electron chi connectivity index (χ2n) is 6.83. The molecular weight excluding hydrogens is 434 g/mol. The summed E-state index contributed by atoms with van der Waals surface area (Å²) < 4.78 is 0. The summed E-state index contributed by atoms with van der Waals surface area (Å²) in [6.07, 6.45) is -2.32. The van der Waals surface area contributed by atoms with Gasteiger partial charge in [-0.1, -0.05) is 0 Å². The van der Waals surface area contributed by atoms with Gasteiger partial charge in [0.1, 0.15) is 18.1 Å². The van der Waals surface area contributed by atoms with Crippen LogP contribution in [0.15, 0.2) is 0 Å². The van der Waals surface area contributed by atoms with Gasteiger partial charge < -0.3 is 42.7 Å². The van der Waals surface area contributed by atoms with Crippen molar-refractivity contribution in [1.29, 1.82) is 0 Å². The van der Waals surface area contributed by atoms with Gasteiger partial charge in [0.2, 0.25) is 23.6 Å². The second kappa shape index (κ2) is 13.5. The van der Waals surface area contributed by atoms with Crippen LogP contribution in [0.2, 0.25) is 0 Å². The van der Waals surface area contributed by atoms with Crippen LogP contribution in [0, 0.1) is 0 Å². The zero-order valence-corrected chi connectivity index (χ0v) is 17.2. The largest absolute Gasteiger partial charge is 0.481 e. The molecule has 0 aromatic carbocycles. The predicted octanol–water partition coefficient (Wildman–Crippen LogP) is -3.52. The first-order valence-corrected chi connectivity index (χ1v) is 9.36. The summed E-state index contributed by atoms with van der Waals surface area (Å²) in [6, 6.07) is -5.71. The predicted molar refractivity (Wildman–Crippen MR) is 105 cm³/mol. The molecule has 0 aliphatic rings. The first kappa shape index (κ1) is 28.2. The monoisotopic (exact) mass is 461 g/mol. The van der Waals surface area contributed by atoms with Crippen LogP contribution in [0.4, 0.5) is 0 Å². The summed E-state index contributed by atoms with van der Waals surface area (Å²) in [6.45, 7) is 1.22. The number of hydrogen-bond acceptors (Lipinski definition) is 8. The summed E-state index contributed by atoms with van der Waals surface area (Å²) >= 11 is 0. The zero-order valence-electron chi connectivity index (χ0n) is 17.2. The number of carboxylic acids is 3. The van der Waals surface area contributed by atoms with Crippen LogP contribution >= 0.6 is 0 Å². The number of nitrogens with two attached hydrogens (primary N) is 2. The number of carbonyl (C=O) groups is 7. The molecule has 0 aromatic rings. The minimum atomic E-state index is -1.57. The van der Waals surface area contributed by atoms with Gasteiger partial charge in [-0.25, -0.2) is 4.79 Å². The fourth-order valence-corrected chi connectivity index (χ4v) is 2.32. The van der Waals surface area contributed by atoms with E-state index in [2.05, 4.69) is 16.0 Å². The number of primary amides is 1. The average molecular weight is 461 g/mol. The van der Waals surface area contributed by atoms with Gasteiger partial charge in [-0.05, 0) is 19.8 Å². The maximum Gasteiger partial charge on any atom is 0.326 e. The third-order valence-corrected chi connectivity index (χ3v) is 4.06. The van der Waals surface area contributed by atoms with E-state index < -0.39 is 85.0 Å². The second-order valence-corrected chi connectivity index (χ2v) is 6.83. The molecule has 4 unspecified atom stereocenters. The molecule has 0 bridgehead atoms. The molecule has 180 valence electrons. The zero-order chi connectivity index (χ0) is 25.0. The van der Waals surface area contributed by atoms with Gasteiger partial charge in [0.05, 0.1) is 12.5 Å². The van der Waals surface area contributed by atoms with E-state index in [1.54, 1.807) is 0 Å². The first-order valence-electron chi connectivity index (χ1n) is 9.36. The molecular formula is C17H27N5O10. The van der Waals surface area contributed by atoms with Gasteiger partial charge in [0, 0.05) is 12.8 Å². The Kier molecular flexibility index (Phi) is 11.9. The number of carboxylic acid groups (broad SMARTS) is 3. The lowest BCUT2D eigenvalue weighted by atomic mass is 10.1. The molecule has 0 radical (unpaired) electrons. The minimum absolute atomic E-state index is 0.308. The van der Waals surface area contributed by atoms with E-state index in [0.29, 0.717) is 0 Å². The Morgan fingerprint density at radius 2 is 1.28 bits per heavy atom. The highest BCUT2D eigenvalue weighted by Crippen LogP contribution is 2.03. The third-order valence-electron chi connectivity index (χ3n) is 4.06. The minimum Gasteiger partial charge on any atom is -0.481 e. The summed E-state index contributed by atoms with van der Waals surface area (Å²) in [5, 5.41) is 32.9. The van der Waals surface area contributed by atoms with E-state index in [1.807, 2.05) is 0 Å². The van der Waals surface area contributed by atoms with Crippen LogP contribution in [-0.2, 0) is 33.6 Å². The van der Waals surface area contributed by atoms with E-state index in [0.717, 1.165) is 0 Å². The standard InChI is InChI=1S/C17H27N5O10/c1-7(20-15(29)8(18)6-13(26)27)14(28)21-9(2-4-11(19)23)16(30)22-10(17(31)32)3-5-12(24)25/h7-10H,2-6,18H2,1H3,(H2,19,23)(H,20,29)(H,21,28)(H,22,30)(H,24,25)(H,26,27)(H,31,32). The lowest BCUT2D eigenvalue weighted by Gasteiger charge is -2.23. The van der Waals surface area contributed by atoms with Gasteiger partial charge in [-0.15, -0.1) is 0 Å². The lowest BCUT2D eigenvalue weighted by Crippen LogP contribution is -2.56. The average Bonchev–Trinajstić information content (AvgIpc) is 2.66. The molecule has 4 atom stereocenters. The van der Waals surface area contributed by atoms with Gasteiger partial charge in [0.25, 0.3) is 0 Å². The maximum absolute atomic E-state index is 12.5. The van der Waals surface area contributed by atoms with Crippen molar-refractivity contribution in [3.8, 4) is 0 Å². The molecule has 0 rings (SSSR count). The van der Waals surface area contributed by atoms with Crippen molar-refractivity contribution in [3.05, 3.63) is 0 Å². The van der Waals surface area contributed by atoms with Crippen molar-refractivity contribution in [2.24, 2.45) is 11.5 Å². The smallest absolute Gasteiger partial charge is 0.326 e. The molecule has 32 heavy (non-hydrogen) atoms. The van der Waals surface area contributed by atoms with E-state index in [1.165, 1.54) is 6.92 Å². The highest BCUT2D eigenvalue weighted by atomic mass is 16.4. The number of nitrogens with one attached hydrogen (secondary N) is 3. The van der Waals surface area contributed by atoms with E-state index >= 15 is 0 Å². The highest BCUT2D eigenvalue weighted by Gasteiger charge is 2.29. The number of amides is 4. The highest BCUT2D eigenvalue weighted by molar-refractivity contribution is 5.94. The van der Waals surface area contributed by atoms with Crippen LogP contribution in [0.5, 0.6) is 0 Å². The quantitative estimate of drug-likeness (QED) is 0.118. The summed E-state index contributed by atoms with van der Waals surface area (Å²) in [7, 11) is 0. The van der Waals surface area contributed by atoms with E-state index in [4.69, 9.17) is 26.8 Å². The molecule has 0 fully saturated rings. The Morgan fingerprint density at radius 1 is 0.750 bits per heavy atom. The van der Waals surface area contributed by atoms with Crippen LogP contribution in [0.3, 0.4) is 0 Å². The molecule has 15 heteroatoms. The fraction of sp³-hybridized carbons (Fsp3) is 0.588. The third kappa shape index (κ3) is 11.4. The number of carbonyl (C=O) groups excluding carboxylic acids is 4. The molecule has 10 N–H and O–H groups in total. The Bertz CT molecular complexity index is 756. The lowest BCUT2D eigenvalue weighted by molar-refractivity contribution is -0.143. The number of hydrogen-bond donors (Lipinski definition) is 8. The molecule has 0 aromatic heterocycles. The van der Waals surface area contributed by atoms with Crippen molar-refractivity contribution in [2.45, 2.75) is 63.2 Å². The Labute approximate surface area is 181 Å². The van der Waals surface area contributed by atoms with Gasteiger partial charge in [0.15, 0.2) is 0 Å². The molecule has 15 nitrogen and oxygen atoms in total. The van der Waals surface area contributed by atoms with Crippen molar-refractivity contribution in [3.63, 3.8) is 0 Å². The summed E-state index contributed by atoms with van der Waals surface area (Å²) in [5.41, 5.74) is 10.4. The van der Waals surface area contributed by atoms with E-state index in [-0.39, 0.29) is 12.8 Å². The maximum atomic E-state index is 12.5. The summed E-state index contributed by atoms with van der Waals surface area (Å²) in [5.74, 6) is -7.79. The van der Waals surface area contributed by atoms with Crippen molar-refractivity contribution < 1.29 is 48.9 Å². The molecule has 0 aliphatic carbocycles. The topological polar surface area (TPSA) is 268 Å². The van der Waals surface area contributed by atoms with Crippen LogP contribution in [-0.4, -0.2) is 81.0 Å². The Hall–Kier alpha value is -3.75. The van der Waals surface area contributed by atoms with Crippen molar-refractivity contribution >= 4 is 41.5 Å². The molecule has 0 spiro atoms. The Morgan fingerprint density at radius 3 is 1.75 bits per heavy atom. The van der Waals surface area contributed by atoms with E-state index in [9.17, 15) is 33.6 Å². The van der Waals surface area contributed by atoms with Gasteiger partial charge in [-0.2, -0.15) is 0 Å². The van der Waals surface area contributed by atoms with Crippen LogP contribution < -0.4 is 27.4 Å². The first-order chi connectivity index (χ1) is 14.7. The normalized spacial score (nSPS) is 14.2. The molecule has 4 amide bonds. The molecule has 0 aliphatic heterocycles. The van der Waals surface area contributed by atoms with Gasteiger partial charge >= 0.3 is 17.9 Å². The van der Waals surface area contributed by atoms with Crippen molar-refractivity contribution in [2.75, 3.05) is 0 Å². The van der Waals surface area contributed by atoms with Gasteiger partial charge in [-0.3, -0.25) is 28.8 Å². The molecule has 0 saturated heterocycles. The summed E-state index contributed by atoms with van der Waals surface area (Å²) in [4.78, 5) is 80.2. The van der Waals surface area contributed by atoms with Crippen LogP contribution in [0.25, 0.3) is 0 Å². The fourth-order valence-electron chi connectivity index (χ4n) is 2.32. The molecule has 0 heterocycles. The van der Waals surface area contributed by atoms with Crippen LogP contribution in [0.1, 0.15) is 39.0 Å².